The summed E-state index contributed by atoms with van der Waals surface area (Å²) in [6.45, 7) is 18.7. The van der Waals surface area contributed by atoms with Crippen LogP contribution in [0.25, 0.3) is 0 Å². The molecule has 4 N–H and O–H groups in total. The second-order valence-corrected chi connectivity index (χ2v) is 15.6. The first-order valence-corrected chi connectivity index (χ1v) is 19.5. The van der Waals surface area contributed by atoms with Gasteiger partial charge in [-0.05, 0) is 94.2 Å². The molecule has 2 aliphatic rings. The molecule has 0 aromatic heterocycles. The van der Waals surface area contributed by atoms with Gasteiger partial charge in [0.1, 0.15) is 23.2 Å². The summed E-state index contributed by atoms with van der Waals surface area (Å²) in [5.41, 5.74) is 3.19. The molecule has 0 saturated heterocycles. The molecule has 0 amide bonds. The number of esters is 3. The Morgan fingerprint density at radius 1 is 0.887 bits per heavy atom. The van der Waals surface area contributed by atoms with Gasteiger partial charge in [0.15, 0.2) is 11.9 Å². The quantitative estimate of drug-likeness (QED) is 0.0626. The van der Waals surface area contributed by atoms with Crippen LogP contribution >= 0.6 is 0 Å². The van der Waals surface area contributed by atoms with Crippen LogP contribution in [0.15, 0.2) is 23.7 Å². The van der Waals surface area contributed by atoms with E-state index in [0.717, 1.165) is 84.1 Å². The fourth-order valence-corrected chi connectivity index (χ4v) is 6.73. The Kier molecular flexibility index (Phi) is 19.1. The van der Waals surface area contributed by atoms with Crippen LogP contribution in [-0.4, -0.2) is 69.4 Å². The normalized spacial score (nSPS) is 19.9. The van der Waals surface area contributed by atoms with Crippen molar-refractivity contribution in [3.63, 3.8) is 0 Å². The number of aliphatic hydroxyl groups excluding tert-OH is 4. The zero-order chi connectivity index (χ0) is 39.9. The highest BCUT2D eigenvalue weighted by molar-refractivity contribution is 5.97. The summed E-state index contributed by atoms with van der Waals surface area (Å²) in [6.07, 6.45) is 12.2. The average molecular weight is 747 g/mol. The first kappa shape index (κ1) is 45.7. The summed E-state index contributed by atoms with van der Waals surface area (Å²) >= 11 is 0. The van der Waals surface area contributed by atoms with Crippen molar-refractivity contribution in [2.75, 3.05) is 13.2 Å². The molecule has 0 radical (unpaired) electrons. The molecule has 3 rings (SSSR count). The fourth-order valence-electron chi connectivity index (χ4n) is 6.73. The Morgan fingerprint density at radius 3 is 1.98 bits per heavy atom. The van der Waals surface area contributed by atoms with Gasteiger partial charge in [-0.25, -0.2) is 14.4 Å². The first-order chi connectivity index (χ1) is 25.0. The van der Waals surface area contributed by atoms with Crippen LogP contribution in [0.1, 0.15) is 134 Å². The van der Waals surface area contributed by atoms with E-state index >= 15 is 0 Å². The lowest BCUT2D eigenvalue weighted by molar-refractivity contribution is -0.151. The van der Waals surface area contributed by atoms with Gasteiger partial charge >= 0.3 is 17.9 Å². The number of fused-ring (bicyclic) bond motifs is 1. The maximum atomic E-state index is 12.7. The number of benzene rings is 1. The standard InChI is InChI=1S/C39H58O10.C3H8O/c1-23(2)12-9-13-24(3)14-10-15-25(4)16-11-20-39(8)21-19-29-28(7)34(26(5)27(6)35(29)49-39)46-31(42)17-18-32(43)47-37-33(44)36(30(41)22-40)48-38(37)45;1-2-3-4/h17-18,23-25,30,36,40-41,44H,9-16,19-22H2,1-8H3;4H,2-3H2,1H3/b18-17-;. The molecule has 0 aliphatic carbocycles. The minimum Gasteiger partial charge on any atom is -0.505 e. The summed E-state index contributed by atoms with van der Waals surface area (Å²) in [6, 6.07) is 0. The summed E-state index contributed by atoms with van der Waals surface area (Å²) in [5, 5.41) is 36.6. The third-order valence-electron chi connectivity index (χ3n) is 10.3. The van der Waals surface area contributed by atoms with Gasteiger partial charge < -0.3 is 39.4 Å². The SMILES string of the molecule is CCCO.Cc1c(C)c2c(c(C)c1OC(=O)/C=C\C(=O)OC1=C(O)C(C(O)CO)OC1=O)CCC(C)(CCCC(C)CCCC(C)CCCC(C)C)O2. The molecule has 53 heavy (non-hydrogen) atoms. The van der Waals surface area contributed by atoms with E-state index < -0.39 is 48.2 Å². The van der Waals surface area contributed by atoms with E-state index in [1.807, 2.05) is 27.7 Å². The van der Waals surface area contributed by atoms with Crippen LogP contribution in [0, 0.1) is 38.5 Å². The Balaban J connectivity index is 0.00000231. The summed E-state index contributed by atoms with van der Waals surface area (Å²) in [7, 11) is 0. The van der Waals surface area contributed by atoms with E-state index in [0.29, 0.717) is 18.3 Å². The summed E-state index contributed by atoms with van der Waals surface area (Å²) in [4.78, 5) is 36.9. The Bertz CT molecular complexity index is 1430. The Hall–Kier alpha value is -3.41. The average Bonchev–Trinajstić information content (AvgIpc) is 3.39. The summed E-state index contributed by atoms with van der Waals surface area (Å²) < 4.78 is 21.9. The van der Waals surface area contributed by atoms with E-state index in [1.54, 1.807) is 0 Å². The predicted molar refractivity (Wildman–Crippen MR) is 204 cm³/mol. The van der Waals surface area contributed by atoms with Gasteiger partial charge in [0, 0.05) is 24.3 Å². The molecule has 1 aromatic rings. The van der Waals surface area contributed by atoms with Crippen LogP contribution in [-0.2, 0) is 30.3 Å². The number of carbonyl (C=O) groups excluding carboxylic acids is 3. The number of aliphatic hydroxyl groups is 4. The third-order valence-corrected chi connectivity index (χ3v) is 10.3. The maximum Gasteiger partial charge on any atom is 0.378 e. The van der Waals surface area contributed by atoms with Crippen LogP contribution in [0.3, 0.4) is 0 Å². The van der Waals surface area contributed by atoms with Crippen LogP contribution < -0.4 is 9.47 Å². The van der Waals surface area contributed by atoms with Crippen molar-refractivity contribution in [1.29, 1.82) is 0 Å². The molecule has 1 aromatic carbocycles. The molecule has 5 atom stereocenters. The molecular formula is C42H66O11. The van der Waals surface area contributed by atoms with Crippen molar-refractivity contribution in [2.24, 2.45) is 17.8 Å². The molecule has 5 unspecified atom stereocenters. The molecule has 2 aliphatic heterocycles. The number of hydrogen-bond acceptors (Lipinski definition) is 11. The molecule has 0 fully saturated rings. The van der Waals surface area contributed by atoms with Gasteiger partial charge in [-0.2, -0.15) is 0 Å². The van der Waals surface area contributed by atoms with E-state index in [9.17, 15) is 24.6 Å². The number of ether oxygens (including phenoxy) is 4. The zero-order valence-corrected chi connectivity index (χ0v) is 33.6. The van der Waals surface area contributed by atoms with Gasteiger partial charge in [-0.1, -0.05) is 79.6 Å². The molecular weight excluding hydrogens is 680 g/mol. The highest BCUT2D eigenvalue weighted by atomic mass is 16.6. The van der Waals surface area contributed by atoms with Crippen molar-refractivity contribution < 1.29 is 53.8 Å². The number of hydrogen-bond donors (Lipinski definition) is 4. The van der Waals surface area contributed by atoms with Crippen molar-refractivity contribution in [3.05, 3.63) is 45.9 Å². The summed E-state index contributed by atoms with van der Waals surface area (Å²) in [5.74, 6) is -1.28. The lowest BCUT2D eigenvalue weighted by atomic mass is 9.83. The van der Waals surface area contributed by atoms with Gasteiger partial charge in [-0.3, -0.25) is 0 Å². The molecule has 300 valence electrons. The van der Waals surface area contributed by atoms with Crippen LogP contribution in [0.4, 0.5) is 0 Å². The topological polar surface area (TPSA) is 169 Å². The smallest absolute Gasteiger partial charge is 0.378 e. The number of cyclic esters (lactones) is 1. The molecule has 0 spiro atoms. The highest BCUT2D eigenvalue weighted by Crippen LogP contribution is 2.45. The fraction of sp³-hybridized carbons (Fsp3) is 0.690. The van der Waals surface area contributed by atoms with E-state index in [1.165, 1.54) is 44.9 Å². The van der Waals surface area contributed by atoms with Crippen LogP contribution in [0.5, 0.6) is 11.5 Å². The Morgan fingerprint density at radius 2 is 1.43 bits per heavy atom. The second kappa shape index (κ2) is 22.1. The molecule has 0 bridgehead atoms. The van der Waals surface area contributed by atoms with Gasteiger partial charge in [-0.15, -0.1) is 0 Å². The minimum atomic E-state index is -1.59. The van der Waals surface area contributed by atoms with Gasteiger partial charge in [0.25, 0.3) is 5.76 Å². The highest BCUT2D eigenvalue weighted by Gasteiger charge is 2.41. The second-order valence-electron chi connectivity index (χ2n) is 15.6. The lowest BCUT2D eigenvalue weighted by Crippen LogP contribution is -2.37. The Labute approximate surface area is 316 Å². The number of rotatable bonds is 19. The maximum absolute atomic E-state index is 12.7. The van der Waals surface area contributed by atoms with E-state index in [2.05, 4.69) is 34.6 Å². The monoisotopic (exact) mass is 746 g/mol. The largest absolute Gasteiger partial charge is 0.505 e. The van der Waals surface area contributed by atoms with Gasteiger partial charge in [0.05, 0.1) is 6.61 Å². The lowest BCUT2D eigenvalue weighted by Gasteiger charge is -2.38. The molecule has 2 heterocycles. The van der Waals surface area contributed by atoms with E-state index in [4.69, 9.17) is 29.2 Å². The van der Waals surface area contributed by atoms with Gasteiger partial charge in [0.2, 0.25) is 0 Å². The first-order valence-electron chi connectivity index (χ1n) is 19.5. The minimum absolute atomic E-state index is 0.269. The molecule has 11 heteroatoms. The van der Waals surface area contributed by atoms with Crippen molar-refractivity contribution in [1.82, 2.24) is 0 Å². The third kappa shape index (κ3) is 14.1. The number of carbonyl (C=O) groups is 3. The molecule has 0 saturated carbocycles. The van der Waals surface area contributed by atoms with E-state index in [-0.39, 0.29) is 5.60 Å². The van der Waals surface area contributed by atoms with Crippen molar-refractivity contribution in [2.45, 2.75) is 157 Å². The predicted octanol–water partition coefficient (Wildman–Crippen LogP) is 7.58. The van der Waals surface area contributed by atoms with Crippen molar-refractivity contribution >= 4 is 17.9 Å². The zero-order valence-electron chi connectivity index (χ0n) is 33.6. The molecule has 11 nitrogen and oxygen atoms in total. The van der Waals surface area contributed by atoms with Crippen LogP contribution in [0.2, 0.25) is 0 Å². The van der Waals surface area contributed by atoms with Crippen molar-refractivity contribution in [3.8, 4) is 11.5 Å².